The summed E-state index contributed by atoms with van der Waals surface area (Å²) in [7, 11) is 0. The highest BCUT2D eigenvalue weighted by Gasteiger charge is 2.40. The zero-order valence-corrected chi connectivity index (χ0v) is 21.9. The van der Waals surface area contributed by atoms with Crippen molar-refractivity contribution in [1.82, 2.24) is 19.9 Å². The van der Waals surface area contributed by atoms with Crippen molar-refractivity contribution in [3.05, 3.63) is 120 Å². The minimum absolute atomic E-state index is 0.199. The van der Waals surface area contributed by atoms with Crippen molar-refractivity contribution < 1.29 is 0 Å². The third-order valence-electron chi connectivity index (χ3n) is 8.05. The van der Waals surface area contributed by atoms with Crippen LogP contribution in [-0.4, -0.2) is 19.9 Å². The van der Waals surface area contributed by atoms with Gasteiger partial charge in [0.05, 0.1) is 0 Å². The third kappa shape index (κ3) is 3.06. The minimum Gasteiger partial charge on any atom is -0.279 e. The number of aromatic nitrogens is 4. The maximum atomic E-state index is 4.81. The summed E-state index contributed by atoms with van der Waals surface area (Å²) in [6.07, 6.45) is 7.41. The van der Waals surface area contributed by atoms with Crippen molar-refractivity contribution in [2.45, 2.75) is 38.5 Å². The van der Waals surface area contributed by atoms with Gasteiger partial charge in [0.15, 0.2) is 0 Å². The van der Waals surface area contributed by atoms with Crippen LogP contribution in [0.3, 0.4) is 0 Å². The van der Waals surface area contributed by atoms with Crippen LogP contribution in [0.4, 0.5) is 34.6 Å². The summed E-state index contributed by atoms with van der Waals surface area (Å²) >= 11 is 0. The molecule has 1 aromatic carbocycles. The Kier molecular flexibility index (Phi) is 4.73. The van der Waals surface area contributed by atoms with Crippen LogP contribution in [0.2, 0.25) is 0 Å². The number of hydrogen-bond donors (Lipinski definition) is 0. The number of anilines is 6. The number of rotatable bonds is 2. The second-order valence-corrected chi connectivity index (χ2v) is 10.9. The predicted molar refractivity (Wildman–Crippen MR) is 151 cm³/mol. The third-order valence-corrected chi connectivity index (χ3v) is 8.05. The molecule has 0 amide bonds. The summed E-state index contributed by atoms with van der Waals surface area (Å²) in [5.74, 6) is 3.65. The highest BCUT2D eigenvalue weighted by Crippen LogP contribution is 2.52. The second kappa shape index (κ2) is 7.96. The van der Waals surface area contributed by atoms with Crippen molar-refractivity contribution in [1.29, 1.82) is 0 Å². The first-order chi connectivity index (χ1) is 18.4. The van der Waals surface area contributed by atoms with Gasteiger partial charge in [-0.15, -0.1) is 0 Å². The molecule has 0 atom stereocenters. The minimum atomic E-state index is -0.199. The van der Waals surface area contributed by atoms with E-state index in [1.54, 1.807) is 0 Å². The van der Waals surface area contributed by atoms with Crippen molar-refractivity contribution in [3.8, 4) is 0 Å². The Labute approximate surface area is 222 Å². The number of benzene rings is 1. The maximum absolute atomic E-state index is 4.81. The standard InChI is InChI=1S/C32H28N6/c1-31(2)23-9-5-17-33-27(23)37(28-24(31)10-6-18-34-28)21-13-15-22(16-14-21)38-29-25(11-7-19-35-29)32(3,4)26-12-8-20-36-30(26)38/h5-20H,1-4H3. The number of pyridine rings is 4. The number of nitrogens with zero attached hydrogens (tertiary/aromatic N) is 6. The zero-order chi connectivity index (χ0) is 26.1. The molecule has 2 aliphatic heterocycles. The topological polar surface area (TPSA) is 58.0 Å². The molecule has 6 heterocycles. The largest absolute Gasteiger partial charge is 0.279 e. The van der Waals surface area contributed by atoms with Gasteiger partial charge >= 0.3 is 0 Å². The Morgan fingerprint density at radius 2 is 0.684 bits per heavy atom. The van der Waals surface area contributed by atoms with Crippen LogP contribution in [0, 0.1) is 0 Å². The molecule has 4 aromatic heterocycles. The van der Waals surface area contributed by atoms with Gasteiger partial charge in [0.1, 0.15) is 23.3 Å². The van der Waals surface area contributed by atoms with Crippen molar-refractivity contribution in [2.24, 2.45) is 0 Å². The average Bonchev–Trinajstić information content (AvgIpc) is 2.94. The van der Waals surface area contributed by atoms with Gasteiger partial charge in [-0.05, 0) is 48.5 Å². The van der Waals surface area contributed by atoms with Crippen LogP contribution in [0.15, 0.2) is 97.6 Å². The molecule has 0 bridgehead atoms. The fraction of sp³-hybridized carbons (Fsp3) is 0.188. The van der Waals surface area contributed by atoms with E-state index in [9.17, 15) is 0 Å². The lowest BCUT2D eigenvalue weighted by Crippen LogP contribution is -2.32. The van der Waals surface area contributed by atoms with E-state index in [1.807, 2.05) is 49.1 Å². The van der Waals surface area contributed by atoms with Gasteiger partial charge in [-0.2, -0.15) is 0 Å². The molecule has 0 aliphatic carbocycles. The molecule has 0 unspecified atom stereocenters. The van der Waals surface area contributed by atoms with Crippen LogP contribution >= 0.6 is 0 Å². The lowest BCUT2D eigenvalue weighted by atomic mass is 9.75. The highest BCUT2D eigenvalue weighted by atomic mass is 15.3. The average molecular weight is 497 g/mol. The van der Waals surface area contributed by atoms with Gasteiger partial charge in [0.25, 0.3) is 0 Å². The van der Waals surface area contributed by atoms with Crippen molar-refractivity contribution in [3.63, 3.8) is 0 Å². The Hall–Kier alpha value is -4.58. The van der Waals surface area contributed by atoms with E-state index in [0.29, 0.717) is 0 Å². The van der Waals surface area contributed by atoms with E-state index in [1.165, 1.54) is 22.3 Å². The van der Waals surface area contributed by atoms with E-state index in [2.05, 4.69) is 86.0 Å². The number of hydrogen-bond acceptors (Lipinski definition) is 6. The Morgan fingerprint density at radius 1 is 0.421 bits per heavy atom. The fourth-order valence-corrected chi connectivity index (χ4v) is 5.98. The highest BCUT2D eigenvalue weighted by molar-refractivity contribution is 5.85. The van der Waals surface area contributed by atoms with Gasteiger partial charge < -0.3 is 0 Å². The molecule has 186 valence electrons. The van der Waals surface area contributed by atoms with Gasteiger partial charge in [-0.1, -0.05) is 52.0 Å². The van der Waals surface area contributed by atoms with E-state index in [-0.39, 0.29) is 10.8 Å². The molecular formula is C32H28N6. The van der Waals surface area contributed by atoms with Gasteiger partial charge in [0, 0.05) is 69.2 Å². The molecule has 0 spiro atoms. The monoisotopic (exact) mass is 496 g/mol. The predicted octanol–water partition coefficient (Wildman–Crippen LogP) is 7.48. The number of fused-ring (bicyclic) bond motifs is 4. The zero-order valence-electron chi connectivity index (χ0n) is 21.9. The van der Waals surface area contributed by atoms with Crippen LogP contribution in [-0.2, 0) is 10.8 Å². The van der Waals surface area contributed by atoms with Crippen molar-refractivity contribution in [2.75, 3.05) is 9.80 Å². The summed E-state index contributed by atoms with van der Waals surface area (Å²) in [5, 5.41) is 0. The fourth-order valence-electron chi connectivity index (χ4n) is 5.98. The molecular weight excluding hydrogens is 468 g/mol. The Bertz CT molecular complexity index is 1460. The Balaban J connectivity index is 1.37. The van der Waals surface area contributed by atoms with E-state index >= 15 is 0 Å². The summed E-state index contributed by atoms with van der Waals surface area (Å²) in [6.45, 7) is 8.95. The molecule has 0 radical (unpaired) electrons. The smallest absolute Gasteiger partial charge is 0.142 e. The molecule has 0 saturated heterocycles. The van der Waals surface area contributed by atoms with Crippen LogP contribution in [0.5, 0.6) is 0 Å². The quantitative estimate of drug-likeness (QED) is 0.252. The first-order valence-electron chi connectivity index (χ1n) is 12.9. The summed E-state index contributed by atoms with van der Waals surface area (Å²) < 4.78 is 0. The molecule has 6 heteroatoms. The van der Waals surface area contributed by atoms with Crippen molar-refractivity contribution >= 4 is 34.6 Å². The molecule has 6 nitrogen and oxygen atoms in total. The SMILES string of the molecule is CC1(C)c2cccnc2N(c2ccc(N3c4ncccc4C(C)(C)c4cccnc43)cc2)c2ncccc21. The van der Waals surface area contributed by atoms with Gasteiger partial charge in [-0.25, -0.2) is 19.9 Å². The first kappa shape index (κ1) is 22.6. The summed E-state index contributed by atoms with van der Waals surface area (Å²) in [6, 6.07) is 25.2. The van der Waals surface area contributed by atoms with Gasteiger partial charge in [0.2, 0.25) is 0 Å². The van der Waals surface area contributed by atoms with Gasteiger partial charge in [-0.3, -0.25) is 9.80 Å². The summed E-state index contributed by atoms with van der Waals surface area (Å²) in [4.78, 5) is 23.6. The normalized spacial score (nSPS) is 16.2. The molecule has 38 heavy (non-hydrogen) atoms. The molecule has 0 N–H and O–H groups in total. The maximum Gasteiger partial charge on any atom is 0.142 e. The van der Waals surface area contributed by atoms with E-state index in [4.69, 9.17) is 19.9 Å². The second-order valence-electron chi connectivity index (χ2n) is 10.9. The molecule has 0 saturated carbocycles. The van der Waals surface area contributed by atoms with Crippen LogP contribution < -0.4 is 9.80 Å². The lowest BCUT2D eigenvalue weighted by Gasteiger charge is -2.40. The lowest BCUT2D eigenvalue weighted by molar-refractivity contribution is 0.622. The molecule has 2 aliphatic rings. The van der Waals surface area contributed by atoms with Crippen LogP contribution in [0.25, 0.3) is 0 Å². The summed E-state index contributed by atoms with van der Waals surface area (Å²) in [5.41, 5.74) is 6.33. The molecule has 7 rings (SSSR count). The van der Waals surface area contributed by atoms with E-state index in [0.717, 1.165) is 34.6 Å². The van der Waals surface area contributed by atoms with E-state index < -0.39 is 0 Å². The Morgan fingerprint density at radius 3 is 0.947 bits per heavy atom. The molecule has 5 aromatic rings. The van der Waals surface area contributed by atoms with Crippen LogP contribution in [0.1, 0.15) is 49.9 Å². The molecule has 0 fully saturated rings. The first-order valence-corrected chi connectivity index (χ1v) is 12.9.